The Balaban J connectivity index is 1.33. The summed E-state index contributed by atoms with van der Waals surface area (Å²) in [7, 11) is 1.35. The molecule has 3 aliphatic rings. The van der Waals surface area contributed by atoms with E-state index in [-0.39, 0.29) is 17.8 Å². The van der Waals surface area contributed by atoms with Gasteiger partial charge in [-0.05, 0) is 37.0 Å². The van der Waals surface area contributed by atoms with Gasteiger partial charge in [-0.15, -0.1) is 0 Å². The summed E-state index contributed by atoms with van der Waals surface area (Å²) in [6.07, 6.45) is 2.90. The first-order valence-corrected chi connectivity index (χ1v) is 10.3. The van der Waals surface area contributed by atoms with Crippen LogP contribution in [0.25, 0.3) is 0 Å². The number of benzene rings is 1. The lowest BCUT2D eigenvalue weighted by Gasteiger charge is -2.37. The molecule has 0 bridgehead atoms. The van der Waals surface area contributed by atoms with Crippen LogP contribution in [0.5, 0.6) is 5.88 Å². The van der Waals surface area contributed by atoms with E-state index in [1.807, 2.05) is 9.91 Å². The molecule has 2 aromatic rings. The number of fused-ring (bicyclic) bond motifs is 1. The fourth-order valence-electron chi connectivity index (χ4n) is 5.00. The van der Waals surface area contributed by atoms with Gasteiger partial charge >= 0.3 is 0 Å². The zero-order chi connectivity index (χ0) is 21.8. The molecule has 3 aliphatic heterocycles. The Bertz CT molecular complexity index is 1010. The lowest BCUT2D eigenvalue weighted by molar-refractivity contribution is -0.143. The highest BCUT2D eigenvalue weighted by molar-refractivity contribution is 5.85. The Labute approximate surface area is 177 Å². The van der Waals surface area contributed by atoms with E-state index in [1.165, 1.54) is 19.2 Å². The van der Waals surface area contributed by atoms with Crippen LogP contribution in [0.2, 0.25) is 0 Å². The number of ether oxygens (including phenoxy) is 1. The quantitative estimate of drug-likeness (QED) is 0.742. The maximum atomic E-state index is 13.7. The number of nitrogens with zero attached hydrogens (tertiary/aromatic N) is 5. The molecule has 0 radical (unpaired) electrons. The summed E-state index contributed by atoms with van der Waals surface area (Å²) >= 11 is 0. The number of piperidine rings is 1. The number of carbonyl (C=O) groups is 1. The lowest BCUT2D eigenvalue weighted by Crippen LogP contribution is -2.46. The fourth-order valence-corrected chi connectivity index (χ4v) is 5.00. The highest BCUT2D eigenvalue weighted by Crippen LogP contribution is 2.47. The van der Waals surface area contributed by atoms with Crippen molar-refractivity contribution in [2.24, 2.45) is 5.41 Å². The monoisotopic (exact) mass is 433 g/mol. The second kappa shape index (κ2) is 7.37. The molecular formula is C21H22F3N5O2. The van der Waals surface area contributed by atoms with Gasteiger partial charge < -0.3 is 9.64 Å². The molecular weight excluding hydrogens is 411 g/mol. The van der Waals surface area contributed by atoms with Crippen molar-refractivity contribution in [3.8, 4) is 5.88 Å². The molecule has 3 fully saturated rings. The summed E-state index contributed by atoms with van der Waals surface area (Å²) in [6, 6.07) is 3.08. The van der Waals surface area contributed by atoms with E-state index in [1.54, 1.807) is 5.01 Å². The Morgan fingerprint density at radius 2 is 1.81 bits per heavy atom. The van der Waals surface area contributed by atoms with Gasteiger partial charge in [0.2, 0.25) is 17.7 Å². The van der Waals surface area contributed by atoms with Crippen molar-refractivity contribution < 1.29 is 22.7 Å². The largest absolute Gasteiger partial charge is 0.479 e. The topological polar surface area (TPSA) is 61.8 Å². The number of anilines is 1. The molecule has 0 unspecified atom stereocenters. The van der Waals surface area contributed by atoms with Crippen LogP contribution in [0.3, 0.4) is 0 Å². The third-order valence-electron chi connectivity index (χ3n) is 6.57. The highest BCUT2D eigenvalue weighted by atomic mass is 19.1. The van der Waals surface area contributed by atoms with Gasteiger partial charge in [0.1, 0.15) is 11.6 Å². The molecule has 31 heavy (non-hydrogen) atoms. The predicted molar refractivity (Wildman–Crippen MR) is 105 cm³/mol. The molecule has 1 spiro atoms. The van der Waals surface area contributed by atoms with Crippen molar-refractivity contribution in [1.29, 1.82) is 0 Å². The van der Waals surface area contributed by atoms with Gasteiger partial charge in [0.25, 0.3) is 5.88 Å². The highest BCUT2D eigenvalue weighted by Gasteiger charge is 2.56. The fraction of sp³-hybridized carbons (Fsp3) is 0.476. The minimum absolute atomic E-state index is 0.00285. The molecule has 0 N–H and O–H groups in total. The minimum Gasteiger partial charge on any atom is -0.479 e. The van der Waals surface area contributed by atoms with Gasteiger partial charge in [-0.25, -0.2) is 18.8 Å². The molecule has 0 saturated carbocycles. The number of methoxy groups -OCH3 is 1. The van der Waals surface area contributed by atoms with Gasteiger partial charge in [0, 0.05) is 32.2 Å². The maximum absolute atomic E-state index is 13.7. The smallest absolute Gasteiger partial charge is 0.255 e. The van der Waals surface area contributed by atoms with Crippen LogP contribution in [0.1, 0.15) is 30.9 Å². The number of aromatic nitrogens is 2. The van der Waals surface area contributed by atoms with Crippen molar-refractivity contribution in [2.45, 2.75) is 25.3 Å². The second-order valence-electron chi connectivity index (χ2n) is 8.34. The first-order valence-electron chi connectivity index (χ1n) is 10.3. The number of hydrogen-bond donors (Lipinski definition) is 0. The standard InChI is InChI=1S/C21H22F3N5O2/c1-31-18-16(24)11-25-20(26-18)27-6-3-21(4-7-27)12-28-5-2-17(29(28)19(21)30)13-8-14(22)10-15(23)9-13/h8-11,17H,2-7,12H2,1H3/t17-/m0/s1. The number of halogens is 3. The van der Waals surface area contributed by atoms with Crippen molar-refractivity contribution in [1.82, 2.24) is 20.0 Å². The van der Waals surface area contributed by atoms with E-state index in [2.05, 4.69) is 9.97 Å². The van der Waals surface area contributed by atoms with Crippen LogP contribution in [0.15, 0.2) is 24.4 Å². The van der Waals surface area contributed by atoms with Gasteiger partial charge in [-0.2, -0.15) is 9.37 Å². The van der Waals surface area contributed by atoms with Gasteiger partial charge in [-0.1, -0.05) is 0 Å². The Kier molecular flexibility index (Phi) is 4.76. The average molecular weight is 433 g/mol. The summed E-state index contributed by atoms with van der Waals surface area (Å²) in [5, 5.41) is 3.70. The van der Waals surface area contributed by atoms with Crippen LogP contribution in [-0.4, -0.2) is 59.2 Å². The van der Waals surface area contributed by atoms with Crippen LogP contribution < -0.4 is 9.64 Å². The molecule has 1 aromatic carbocycles. The van der Waals surface area contributed by atoms with E-state index in [0.717, 1.165) is 12.3 Å². The zero-order valence-corrected chi connectivity index (χ0v) is 17.0. The molecule has 1 amide bonds. The van der Waals surface area contributed by atoms with Gasteiger partial charge in [0.15, 0.2) is 0 Å². The summed E-state index contributed by atoms with van der Waals surface area (Å²) in [5.74, 6) is -1.65. The van der Waals surface area contributed by atoms with Crippen molar-refractivity contribution >= 4 is 11.9 Å². The Hall–Kier alpha value is -2.88. The molecule has 1 aromatic heterocycles. The number of rotatable bonds is 3. The van der Waals surface area contributed by atoms with Crippen LogP contribution in [0, 0.1) is 22.9 Å². The summed E-state index contributed by atoms with van der Waals surface area (Å²) in [5.41, 5.74) is -0.0693. The molecule has 0 aliphatic carbocycles. The first kappa shape index (κ1) is 20.0. The van der Waals surface area contributed by atoms with E-state index in [4.69, 9.17) is 4.74 Å². The maximum Gasteiger partial charge on any atom is 0.255 e. The van der Waals surface area contributed by atoms with Crippen molar-refractivity contribution in [3.63, 3.8) is 0 Å². The third kappa shape index (κ3) is 3.29. The summed E-state index contributed by atoms with van der Waals surface area (Å²) in [4.78, 5) is 23.6. The molecule has 3 saturated heterocycles. The average Bonchev–Trinajstić information content (AvgIpc) is 3.27. The number of amides is 1. The minimum atomic E-state index is -0.641. The molecule has 1 atom stereocenters. The molecule has 5 rings (SSSR count). The number of hydrazine groups is 1. The SMILES string of the molecule is COc1nc(N2CCC3(CC2)CN2CC[C@@H](c4cc(F)cc(F)c4)N2C3=O)ncc1F. The summed E-state index contributed by atoms with van der Waals surface area (Å²) < 4.78 is 46.0. The second-order valence-corrected chi connectivity index (χ2v) is 8.34. The normalized spacial score (nSPS) is 23.0. The first-order chi connectivity index (χ1) is 14.9. The van der Waals surface area contributed by atoms with E-state index in [9.17, 15) is 18.0 Å². The zero-order valence-electron chi connectivity index (χ0n) is 17.0. The molecule has 4 heterocycles. The predicted octanol–water partition coefficient (Wildman–Crippen LogP) is 2.69. The Morgan fingerprint density at radius 3 is 2.48 bits per heavy atom. The van der Waals surface area contributed by atoms with Crippen LogP contribution in [-0.2, 0) is 4.79 Å². The van der Waals surface area contributed by atoms with E-state index >= 15 is 0 Å². The van der Waals surface area contributed by atoms with Crippen LogP contribution >= 0.6 is 0 Å². The number of carbonyl (C=O) groups excluding carboxylic acids is 1. The van der Waals surface area contributed by atoms with E-state index < -0.39 is 22.9 Å². The molecule has 164 valence electrons. The lowest BCUT2D eigenvalue weighted by atomic mass is 9.78. The van der Waals surface area contributed by atoms with Gasteiger partial charge in [0.05, 0.1) is 24.8 Å². The van der Waals surface area contributed by atoms with Crippen molar-refractivity contribution in [3.05, 3.63) is 47.4 Å². The molecule has 7 nitrogen and oxygen atoms in total. The number of hydrogen-bond acceptors (Lipinski definition) is 6. The Morgan fingerprint density at radius 1 is 1.10 bits per heavy atom. The van der Waals surface area contributed by atoms with E-state index in [0.29, 0.717) is 57.0 Å². The van der Waals surface area contributed by atoms with Gasteiger partial charge in [-0.3, -0.25) is 9.80 Å². The molecule has 10 heteroatoms. The van der Waals surface area contributed by atoms with Crippen molar-refractivity contribution in [2.75, 3.05) is 38.2 Å². The summed E-state index contributed by atoms with van der Waals surface area (Å²) in [6.45, 7) is 2.34. The van der Waals surface area contributed by atoms with Crippen LogP contribution in [0.4, 0.5) is 19.1 Å². The third-order valence-corrected chi connectivity index (χ3v) is 6.57.